The molecule has 0 radical (unpaired) electrons. The number of hydrogen-bond acceptors (Lipinski definition) is 2. The van der Waals surface area contributed by atoms with E-state index in [0.29, 0.717) is 5.92 Å². The molecule has 2 saturated heterocycles. The monoisotopic (exact) mass is 332 g/mol. The Bertz CT molecular complexity index is 713. The molecule has 1 unspecified atom stereocenters. The fraction of sp³-hybridized carbons (Fsp3) is 0.500. The molecule has 1 atom stereocenters. The third-order valence-electron chi connectivity index (χ3n) is 5.13. The molecule has 2 fully saturated rings. The molecule has 1 amide bonds. The summed E-state index contributed by atoms with van der Waals surface area (Å²) in [4.78, 5) is 17.7. The summed E-state index contributed by atoms with van der Waals surface area (Å²) in [6.45, 7) is 2.37. The van der Waals surface area contributed by atoms with Gasteiger partial charge in [-0.3, -0.25) is 4.79 Å². The number of nitrogens with zero attached hydrogens (tertiary/aromatic N) is 1. The maximum absolute atomic E-state index is 12.4. The highest BCUT2D eigenvalue weighted by Crippen LogP contribution is 2.34. The molecule has 1 aromatic carbocycles. The van der Waals surface area contributed by atoms with Gasteiger partial charge < -0.3 is 14.6 Å². The van der Waals surface area contributed by atoms with Gasteiger partial charge in [-0.1, -0.05) is 17.7 Å². The molecule has 0 spiro atoms. The first kappa shape index (κ1) is 15.0. The summed E-state index contributed by atoms with van der Waals surface area (Å²) in [5.74, 6) is 0.685. The van der Waals surface area contributed by atoms with E-state index in [2.05, 4.69) is 17.2 Å². The Balaban J connectivity index is 1.45. The van der Waals surface area contributed by atoms with Crippen LogP contribution in [0, 0.1) is 0 Å². The maximum atomic E-state index is 12.4. The van der Waals surface area contributed by atoms with E-state index in [9.17, 15) is 4.79 Å². The molecule has 4 rings (SSSR count). The van der Waals surface area contributed by atoms with Gasteiger partial charge in [-0.25, -0.2) is 0 Å². The van der Waals surface area contributed by atoms with E-state index in [4.69, 9.17) is 16.3 Å². The van der Waals surface area contributed by atoms with E-state index < -0.39 is 0 Å². The van der Waals surface area contributed by atoms with Crippen LogP contribution in [0.5, 0.6) is 0 Å². The van der Waals surface area contributed by atoms with Crippen LogP contribution in [0.4, 0.5) is 0 Å². The summed E-state index contributed by atoms with van der Waals surface area (Å²) < 4.78 is 5.53. The lowest BCUT2D eigenvalue weighted by molar-refractivity contribution is -0.142. The molecule has 2 aliphatic heterocycles. The van der Waals surface area contributed by atoms with Crippen molar-refractivity contribution in [2.24, 2.45) is 0 Å². The molecule has 0 aliphatic carbocycles. The fourth-order valence-corrected chi connectivity index (χ4v) is 4.02. The molecule has 23 heavy (non-hydrogen) atoms. The minimum atomic E-state index is -0.193. The van der Waals surface area contributed by atoms with Gasteiger partial charge in [0.25, 0.3) is 5.91 Å². The second kappa shape index (κ2) is 6.17. The topological polar surface area (TPSA) is 45.3 Å². The smallest absolute Gasteiger partial charge is 0.251 e. The van der Waals surface area contributed by atoms with E-state index >= 15 is 0 Å². The fourth-order valence-electron chi connectivity index (χ4n) is 3.85. The highest BCUT2D eigenvalue weighted by atomic mass is 35.5. The number of aromatic amines is 1. The number of ether oxygens (including phenoxy) is 1. The SMILES string of the molecule is O=C(C1CCCO1)N1CCC(c2c[nH]c3cc(Cl)ccc23)CC1. The van der Waals surface area contributed by atoms with Gasteiger partial charge in [-0.05, 0) is 49.3 Å². The molecule has 0 saturated carbocycles. The Kier molecular flexibility index (Phi) is 4.04. The van der Waals surface area contributed by atoms with Gasteiger partial charge in [0, 0.05) is 41.8 Å². The number of nitrogens with one attached hydrogen (secondary N) is 1. The first-order valence-electron chi connectivity index (χ1n) is 8.39. The quantitative estimate of drug-likeness (QED) is 0.911. The second-order valence-corrected chi connectivity index (χ2v) is 6.97. The van der Waals surface area contributed by atoms with E-state index in [1.165, 1.54) is 10.9 Å². The van der Waals surface area contributed by atoms with Crippen LogP contribution in [0.2, 0.25) is 5.02 Å². The van der Waals surface area contributed by atoms with Gasteiger partial charge in [0.05, 0.1) is 0 Å². The average Bonchev–Trinajstić information content (AvgIpc) is 3.23. The van der Waals surface area contributed by atoms with Crippen molar-refractivity contribution in [1.82, 2.24) is 9.88 Å². The van der Waals surface area contributed by atoms with Crippen molar-refractivity contribution < 1.29 is 9.53 Å². The van der Waals surface area contributed by atoms with Crippen molar-refractivity contribution in [3.8, 4) is 0 Å². The van der Waals surface area contributed by atoms with Crippen molar-refractivity contribution in [2.75, 3.05) is 19.7 Å². The van der Waals surface area contributed by atoms with Crippen molar-refractivity contribution in [2.45, 2.75) is 37.7 Å². The van der Waals surface area contributed by atoms with Crippen LogP contribution in [0.15, 0.2) is 24.4 Å². The third-order valence-corrected chi connectivity index (χ3v) is 5.36. The number of amides is 1. The summed E-state index contributed by atoms with van der Waals surface area (Å²) in [6, 6.07) is 6.00. The first-order chi connectivity index (χ1) is 11.2. The lowest BCUT2D eigenvalue weighted by Crippen LogP contribution is -2.43. The summed E-state index contributed by atoms with van der Waals surface area (Å²) in [5.41, 5.74) is 2.44. The van der Waals surface area contributed by atoms with Crippen LogP contribution in [-0.4, -0.2) is 41.6 Å². The van der Waals surface area contributed by atoms with Crippen molar-refractivity contribution >= 4 is 28.4 Å². The molecule has 5 heteroatoms. The largest absolute Gasteiger partial charge is 0.368 e. The van der Waals surface area contributed by atoms with E-state index in [0.717, 1.165) is 55.9 Å². The number of hydrogen-bond donors (Lipinski definition) is 1. The van der Waals surface area contributed by atoms with Gasteiger partial charge in [-0.2, -0.15) is 0 Å². The van der Waals surface area contributed by atoms with E-state index in [-0.39, 0.29) is 12.0 Å². The minimum absolute atomic E-state index is 0.187. The van der Waals surface area contributed by atoms with Crippen molar-refractivity contribution in [3.63, 3.8) is 0 Å². The number of likely N-dealkylation sites (tertiary alicyclic amines) is 1. The van der Waals surface area contributed by atoms with Crippen molar-refractivity contribution in [3.05, 3.63) is 35.0 Å². The minimum Gasteiger partial charge on any atom is -0.368 e. The zero-order valence-electron chi connectivity index (χ0n) is 13.1. The molecule has 1 aromatic heterocycles. The molecule has 4 nitrogen and oxygen atoms in total. The summed E-state index contributed by atoms with van der Waals surface area (Å²) >= 11 is 6.05. The van der Waals surface area contributed by atoms with E-state index in [1.54, 1.807) is 0 Å². The molecular formula is C18H21ClN2O2. The Hall–Kier alpha value is -1.52. The standard InChI is InChI=1S/C18H21ClN2O2/c19-13-3-4-14-15(11-20-16(14)10-13)12-5-7-21(8-6-12)18(22)17-2-1-9-23-17/h3-4,10-12,17,20H,1-2,5-9H2. The molecule has 2 aliphatic rings. The summed E-state index contributed by atoms with van der Waals surface area (Å²) in [6.07, 6.45) is 5.81. The lowest BCUT2D eigenvalue weighted by atomic mass is 9.89. The summed E-state index contributed by atoms with van der Waals surface area (Å²) in [7, 11) is 0. The van der Waals surface area contributed by atoms with Gasteiger partial charge in [0.2, 0.25) is 0 Å². The van der Waals surface area contributed by atoms with Crippen molar-refractivity contribution in [1.29, 1.82) is 0 Å². The number of halogens is 1. The highest BCUT2D eigenvalue weighted by Gasteiger charge is 2.31. The van der Waals surface area contributed by atoms with Gasteiger partial charge >= 0.3 is 0 Å². The Morgan fingerprint density at radius 2 is 2.09 bits per heavy atom. The predicted molar refractivity (Wildman–Crippen MR) is 90.8 cm³/mol. The summed E-state index contributed by atoms with van der Waals surface area (Å²) in [5, 5.41) is 2.00. The number of rotatable bonds is 2. The predicted octanol–water partition coefficient (Wildman–Crippen LogP) is 3.71. The number of carbonyl (C=O) groups excluding carboxylic acids is 1. The average molecular weight is 333 g/mol. The zero-order chi connectivity index (χ0) is 15.8. The Labute approximate surface area is 140 Å². The molecular weight excluding hydrogens is 312 g/mol. The highest BCUT2D eigenvalue weighted by molar-refractivity contribution is 6.31. The number of H-pyrrole nitrogens is 1. The van der Waals surface area contributed by atoms with Crippen LogP contribution in [0.25, 0.3) is 10.9 Å². The maximum Gasteiger partial charge on any atom is 0.251 e. The van der Waals surface area contributed by atoms with E-state index in [1.807, 2.05) is 17.0 Å². The first-order valence-corrected chi connectivity index (χ1v) is 8.77. The van der Waals surface area contributed by atoms with Gasteiger partial charge in [0.1, 0.15) is 6.10 Å². The molecule has 2 aromatic rings. The zero-order valence-corrected chi connectivity index (χ0v) is 13.8. The molecule has 1 N–H and O–H groups in total. The number of fused-ring (bicyclic) bond motifs is 1. The van der Waals surface area contributed by atoms with Crippen LogP contribution in [0.3, 0.4) is 0 Å². The van der Waals surface area contributed by atoms with Gasteiger partial charge in [0.15, 0.2) is 0 Å². The number of carbonyl (C=O) groups is 1. The van der Waals surface area contributed by atoms with Crippen LogP contribution in [0.1, 0.15) is 37.2 Å². The Morgan fingerprint density at radius 3 is 2.83 bits per heavy atom. The van der Waals surface area contributed by atoms with Gasteiger partial charge in [-0.15, -0.1) is 0 Å². The van der Waals surface area contributed by atoms with Crippen LogP contribution >= 0.6 is 11.6 Å². The third kappa shape index (κ3) is 2.86. The van der Waals surface area contributed by atoms with Crippen LogP contribution in [-0.2, 0) is 9.53 Å². The van der Waals surface area contributed by atoms with Crippen LogP contribution < -0.4 is 0 Å². The Morgan fingerprint density at radius 1 is 1.26 bits per heavy atom. The number of piperidine rings is 1. The second-order valence-electron chi connectivity index (χ2n) is 6.54. The molecule has 0 bridgehead atoms. The molecule has 3 heterocycles. The molecule has 122 valence electrons. The normalized spacial score (nSPS) is 22.8. The number of benzene rings is 1. The number of aromatic nitrogens is 1. The lowest BCUT2D eigenvalue weighted by Gasteiger charge is -2.33.